The number of hydrogen-bond donors (Lipinski definition) is 1. The molecule has 0 aromatic heterocycles. The van der Waals surface area contributed by atoms with Gasteiger partial charge in [-0.3, -0.25) is 0 Å². The molecule has 0 spiro atoms. The zero-order valence-corrected chi connectivity index (χ0v) is 4.91. The summed E-state index contributed by atoms with van der Waals surface area (Å²) < 4.78 is 30.7. The predicted octanol–water partition coefficient (Wildman–Crippen LogP) is -0.0237. The first-order valence-electron chi connectivity index (χ1n) is 1.83. The van der Waals surface area contributed by atoms with Crippen molar-refractivity contribution >= 4 is 10.2 Å². The summed E-state index contributed by atoms with van der Waals surface area (Å²) in [5, 5.41) is 2.09. The van der Waals surface area contributed by atoms with Gasteiger partial charge in [0.05, 0.1) is 0 Å². The quantitative estimate of drug-likeness (QED) is 0.559. The molecule has 48 valence electrons. The minimum Gasteiger partial charge on any atom is -0.376 e. The van der Waals surface area contributed by atoms with Crippen LogP contribution in [0.5, 0.6) is 0 Å². The van der Waals surface area contributed by atoms with Gasteiger partial charge < -0.3 is 5.32 Å². The van der Waals surface area contributed by atoms with Crippen LogP contribution in [0.3, 0.4) is 0 Å². The van der Waals surface area contributed by atoms with Gasteiger partial charge in [-0.25, -0.2) is 0 Å². The molecule has 0 saturated heterocycles. The van der Waals surface area contributed by atoms with E-state index in [1.165, 1.54) is 0 Å². The number of hydrogen-bond acceptors (Lipinski definition) is 3. The minimum absolute atomic E-state index is 0.698. The molecular weight excluding hydrogens is 133 g/mol. The zero-order valence-electron chi connectivity index (χ0n) is 4.09. The molecule has 0 aromatic carbocycles. The van der Waals surface area contributed by atoms with Crippen LogP contribution >= 0.6 is 0 Å². The molecule has 0 heterocycles. The van der Waals surface area contributed by atoms with Gasteiger partial charge in [0.2, 0.25) is 0 Å². The highest BCUT2D eigenvalue weighted by Gasteiger charge is 2.01. The lowest BCUT2D eigenvalue weighted by Crippen LogP contribution is -2.13. The largest absolute Gasteiger partial charge is 0.376 e. The van der Waals surface area contributed by atoms with E-state index in [1.54, 1.807) is 0 Å². The third kappa shape index (κ3) is 5.42. The number of rotatable bonds is 3. The molecule has 0 radical (unpaired) electrons. The molecule has 0 saturated carbocycles. The Balaban J connectivity index is 3.57. The average molecular weight is 139 g/mol. The van der Waals surface area contributed by atoms with E-state index < -0.39 is 16.1 Å². The molecule has 3 nitrogen and oxygen atoms in total. The van der Waals surface area contributed by atoms with E-state index in [0.29, 0.717) is 0 Å². The first-order chi connectivity index (χ1) is 3.56. The van der Waals surface area contributed by atoms with E-state index in [1.807, 2.05) is 0 Å². The highest BCUT2D eigenvalue weighted by Crippen LogP contribution is 1.84. The predicted molar refractivity (Wildman–Crippen MR) is 28.2 cm³/mol. The summed E-state index contributed by atoms with van der Waals surface area (Å²) in [6.45, 7) is 3.12. The summed E-state index contributed by atoms with van der Waals surface area (Å²) in [4.78, 5) is 0. The van der Waals surface area contributed by atoms with Crippen LogP contribution in [0.1, 0.15) is 0 Å². The highest BCUT2D eigenvalue weighted by molar-refractivity contribution is 7.86. The van der Waals surface area contributed by atoms with Crippen molar-refractivity contribution in [3.8, 4) is 0 Å². The Kier molecular flexibility index (Phi) is 2.47. The zero-order chi connectivity index (χ0) is 6.62. The third-order valence-corrected chi connectivity index (χ3v) is 0.912. The van der Waals surface area contributed by atoms with Crippen molar-refractivity contribution in [1.29, 1.82) is 0 Å². The molecule has 0 bridgehead atoms. The molecule has 0 rings (SSSR count). The van der Waals surface area contributed by atoms with Gasteiger partial charge in [-0.2, -0.15) is 8.42 Å². The lowest BCUT2D eigenvalue weighted by Gasteiger charge is -1.90. The lowest BCUT2D eigenvalue weighted by atomic mass is 11.0. The third-order valence-electron chi connectivity index (χ3n) is 0.400. The topological polar surface area (TPSA) is 46.2 Å². The summed E-state index contributed by atoms with van der Waals surface area (Å²) >= 11 is 0. The molecule has 0 aliphatic rings. The average Bonchev–Trinajstić information content (AvgIpc) is 1.59. The van der Waals surface area contributed by atoms with E-state index in [-0.39, 0.29) is 0 Å². The van der Waals surface area contributed by atoms with Gasteiger partial charge in [-0.05, 0) is 6.20 Å². The molecule has 5 heteroatoms. The highest BCUT2D eigenvalue weighted by atomic mass is 32.3. The lowest BCUT2D eigenvalue weighted by molar-refractivity contribution is 0.549. The summed E-state index contributed by atoms with van der Waals surface area (Å²) in [7, 11) is -4.37. The van der Waals surface area contributed by atoms with Crippen molar-refractivity contribution in [2.75, 3.05) is 5.88 Å². The van der Waals surface area contributed by atoms with E-state index in [9.17, 15) is 12.3 Å². The molecule has 0 atom stereocenters. The van der Waals surface area contributed by atoms with Crippen LogP contribution in [0.2, 0.25) is 0 Å². The summed E-state index contributed by atoms with van der Waals surface area (Å²) in [5.41, 5.74) is 0. The Labute approximate surface area is 47.4 Å². The van der Waals surface area contributed by atoms with Gasteiger partial charge in [-0.1, -0.05) is 6.58 Å². The van der Waals surface area contributed by atoms with Gasteiger partial charge in [0, 0.05) is 0 Å². The molecule has 0 aromatic rings. The molecule has 8 heavy (non-hydrogen) atoms. The van der Waals surface area contributed by atoms with Crippen LogP contribution in [0.15, 0.2) is 12.8 Å². The van der Waals surface area contributed by atoms with E-state index in [0.717, 1.165) is 6.20 Å². The maximum atomic E-state index is 11.4. The molecule has 0 aliphatic carbocycles. The first-order valence-corrected chi connectivity index (χ1v) is 3.38. The molecule has 0 amide bonds. The van der Waals surface area contributed by atoms with E-state index in [2.05, 4.69) is 11.9 Å². The van der Waals surface area contributed by atoms with E-state index in [4.69, 9.17) is 0 Å². The summed E-state index contributed by atoms with van der Waals surface area (Å²) in [5.74, 6) is -0.698. The van der Waals surface area contributed by atoms with Crippen LogP contribution in [0, 0.1) is 0 Å². The molecule has 0 unspecified atom stereocenters. The Morgan fingerprint density at radius 2 is 2.25 bits per heavy atom. The normalized spacial score (nSPS) is 10.6. The number of halogens is 1. The Hall–Kier alpha value is -0.580. The van der Waals surface area contributed by atoms with Crippen molar-refractivity contribution < 1.29 is 12.3 Å². The summed E-state index contributed by atoms with van der Waals surface area (Å²) in [6, 6.07) is 0. The van der Waals surface area contributed by atoms with Crippen LogP contribution in [0.4, 0.5) is 3.89 Å². The van der Waals surface area contributed by atoms with Crippen molar-refractivity contribution in [3.63, 3.8) is 0 Å². The van der Waals surface area contributed by atoms with Crippen LogP contribution in [-0.2, 0) is 10.2 Å². The van der Waals surface area contributed by atoms with Gasteiger partial charge in [0.25, 0.3) is 0 Å². The van der Waals surface area contributed by atoms with Crippen molar-refractivity contribution in [1.82, 2.24) is 5.32 Å². The standard InChI is InChI=1S/C3H6FNO2S/c1-2-5-3-8(4,6)7/h2,5H,1,3H2. The molecule has 0 fully saturated rings. The smallest absolute Gasteiger partial charge is 0.320 e. The van der Waals surface area contributed by atoms with Gasteiger partial charge in [0.15, 0.2) is 0 Å². The Bertz CT molecular complexity index is 162. The SMILES string of the molecule is C=CNCS(=O)(=O)F. The fraction of sp³-hybridized carbons (Fsp3) is 0.333. The van der Waals surface area contributed by atoms with Crippen molar-refractivity contribution in [2.24, 2.45) is 0 Å². The van der Waals surface area contributed by atoms with Gasteiger partial charge >= 0.3 is 10.2 Å². The van der Waals surface area contributed by atoms with Crippen molar-refractivity contribution in [2.45, 2.75) is 0 Å². The summed E-state index contributed by atoms with van der Waals surface area (Å²) in [6.07, 6.45) is 1.11. The van der Waals surface area contributed by atoms with E-state index >= 15 is 0 Å². The Morgan fingerprint density at radius 3 is 2.38 bits per heavy atom. The monoisotopic (exact) mass is 139 g/mol. The maximum absolute atomic E-state index is 11.4. The van der Waals surface area contributed by atoms with Crippen LogP contribution < -0.4 is 5.32 Å². The maximum Gasteiger partial charge on any atom is 0.320 e. The Morgan fingerprint density at radius 1 is 1.75 bits per heavy atom. The second-order valence-corrected chi connectivity index (χ2v) is 2.46. The number of nitrogens with one attached hydrogen (secondary N) is 1. The fourth-order valence-corrected chi connectivity index (χ4v) is 0.475. The first kappa shape index (κ1) is 7.42. The van der Waals surface area contributed by atoms with Gasteiger partial charge in [-0.15, -0.1) is 3.89 Å². The molecule has 0 aliphatic heterocycles. The molecule has 1 N–H and O–H groups in total. The van der Waals surface area contributed by atoms with Crippen molar-refractivity contribution in [3.05, 3.63) is 12.8 Å². The van der Waals surface area contributed by atoms with Crippen LogP contribution in [-0.4, -0.2) is 14.3 Å². The fourth-order valence-electron chi connectivity index (χ4n) is 0.158. The second-order valence-electron chi connectivity index (χ2n) is 1.09. The minimum atomic E-state index is -4.37. The van der Waals surface area contributed by atoms with Gasteiger partial charge in [0.1, 0.15) is 5.88 Å². The second kappa shape index (κ2) is 2.66. The molecular formula is C3H6FNO2S. The van der Waals surface area contributed by atoms with Crippen LogP contribution in [0.25, 0.3) is 0 Å².